The first-order valence-electron chi connectivity index (χ1n) is 7.34. The van der Waals surface area contributed by atoms with Crippen molar-refractivity contribution < 1.29 is 14.3 Å². The van der Waals surface area contributed by atoms with E-state index in [4.69, 9.17) is 9.52 Å². The summed E-state index contributed by atoms with van der Waals surface area (Å²) in [4.78, 5) is 22.7. The van der Waals surface area contributed by atoms with Crippen molar-refractivity contribution in [2.75, 3.05) is 0 Å². The lowest BCUT2D eigenvalue weighted by Gasteiger charge is -2.02. The Hall–Kier alpha value is -3.40. The first-order valence-corrected chi connectivity index (χ1v) is 7.34. The first kappa shape index (κ1) is 15.5. The zero-order chi connectivity index (χ0) is 16.9. The van der Waals surface area contributed by atoms with E-state index >= 15 is 0 Å². The van der Waals surface area contributed by atoms with Gasteiger partial charge in [0.05, 0.1) is 5.56 Å². The van der Waals surface area contributed by atoms with Crippen molar-refractivity contribution in [3.05, 3.63) is 93.8 Å². The van der Waals surface area contributed by atoms with Gasteiger partial charge in [-0.3, -0.25) is 4.79 Å². The van der Waals surface area contributed by atoms with Gasteiger partial charge in [-0.2, -0.15) is 0 Å². The van der Waals surface area contributed by atoms with Crippen LogP contribution < -0.4 is 5.43 Å². The minimum absolute atomic E-state index is 0.138. The Balaban J connectivity index is 1.88. The van der Waals surface area contributed by atoms with E-state index in [0.717, 1.165) is 11.1 Å². The van der Waals surface area contributed by atoms with E-state index in [1.807, 2.05) is 30.3 Å². The van der Waals surface area contributed by atoms with Crippen LogP contribution in [-0.2, 0) is 0 Å². The van der Waals surface area contributed by atoms with Crippen molar-refractivity contribution in [3.63, 3.8) is 0 Å². The summed E-state index contributed by atoms with van der Waals surface area (Å²) in [6.45, 7) is 0. The van der Waals surface area contributed by atoms with Crippen molar-refractivity contribution in [1.29, 1.82) is 0 Å². The van der Waals surface area contributed by atoms with Crippen molar-refractivity contribution in [2.45, 2.75) is 0 Å². The maximum absolute atomic E-state index is 11.9. The molecule has 118 valence electrons. The van der Waals surface area contributed by atoms with Crippen LogP contribution in [0.2, 0.25) is 0 Å². The lowest BCUT2D eigenvalue weighted by atomic mass is 10.1. The Kier molecular flexibility index (Phi) is 4.38. The number of rotatable bonds is 4. The van der Waals surface area contributed by atoms with Gasteiger partial charge >= 0.3 is 5.97 Å². The fourth-order valence-corrected chi connectivity index (χ4v) is 2.24. The second-order valence-corrected chi connectivity index (χ2v) is 5.19. The van der Waals surface area contributed by atoms with Gasteiger partial charge < -0.3 is 9.52 Å². The Labute approximate surface area is 138 Å². The van der Waals surface area contributed by atoms with Gasteiger partial charge in [0, 0.05) is 17.7 Å². The monoisotopic (exact) mass is 318 g/mol. The highest BCUT2D eigenvalue weighted by Crippen LogP contribution is 2.19. The van der Waals surface area contributed by atoms with E-state index in [-0.39, 0.29) is 11.0 Å². The Morgan fingerprint density at radius 1 is 0.917 bits per heavy atom. The van der Waals surface area contributed by atoms with E-state index in [1.165, 1.54) is 24.3 Å². The summed E-state index contributed by atoms with van der Waals surface area (Å²) in [6, 6.07) is 18.7. The number of benzene rings is 2. The summed E-state index contributed by atoms with van der Waals surface area (Å²) in [7, 11) is 0. The van der Waals surface area contributed by atoms with Crippen molar-refractivity contribution in [2.24, 2.45) is 0 Å². The lowest BCUT2D eigenvalue weighted by molar-refractivity contribution is 0.0697. The summed E-state index contributed by atoms with van der Waals surface area (Å²) in [6.07, 6.45) is 3.45. The number of aromatic carboxylic acids is 1. The molecule has 0 radical (unpaired) electrons. The van der Waals surface area contributed by atoms with E-state index in [0.29, 0.717) is 11.5 Å². The molecule has 4 nitrogen and oxygen atoms in total. The van der Waals surface area contributed by atoms with E-state index in [9.17, 15) is 9.59 Å². The zero-order valence-electron chi connectivity index (χ0n) is 12.7. The van der Waals surface area contributed by atoms with Crippen molar-refractivity contribution in [3.8, 4) is 11.3 Å². The lowest BCUT2D eigenvalue weighted by Crippen LogP contribution is -1.98. The number of carbonyl (C=O) groups is 1. The fourth-order valence-electron chi connectivity index (χ4n) is 2.24. The molecule has 0 unspecified atom stereocenters. The smallest absolute Gasteiger partial charge is 0.335 e. The minimum Gasteiger partial charge on any atom is -0.478 e. The molecular formula is C20H14O4. The van der Waals surface area contributed by atoms with Crippen LogP contribution in [0.3, 0.4) is 0 Å². The largest absolute Gasteiger partial charge is 0.478 e. The maximum Gasteiger partial charge on any atom is 0.335 e. The molecule has 4 heteroatoms. The zero-order valence-corrected chi connectivity index (χ0v) is 12.7. The van der Waals surface area contributed by atoms with Gasteiger partial charge in [0.2, 0.25) is 0 Å². The Bertz CT molecular complexity index is 935. The predicted molar refractivity (Wildman–Crippen MR) is 92.7 cm³/mol. The molecule has 3 aromatic rings. The summed E-state index contributed by atoms with van der Waals surface area (Å²) in [5, 5.41) is 8.89. The molecule has 0 aliphatic carbocycles. The molecule has 0 aliphatic heterocycles. The molecule has 0 saturated carbocycles. The molecule has 0 fully saturated rings. The molecule has 3 rings (SSSR count). The van der Waals surface area contributed by atoms with Crippen LogP contribution in [0.4, 0.5) is 0 Å². The highest BCUT2D eigenvalue weighted by atomic mass is 16.4. The molecular weight excluding hydrogens is 304 g/mol. The Morgan fingerprint density at radius 2 is 1.62 bits per heavy atom. The van der Waals surface area contributed by atoms with Crippen LogP contribution in [0, 0.1) is 0 Å². The third kappa shape index (κ3) is 3.67. The standard InChI is InChI=1S/C20H14O4/c21-17-12-18(24-19(13-17)15-4-2-1-3-5-15)11-8-14-6-9-16(10-7-14)20(22)23/h1-13H,(H,22,23)/b11-8+. The summed E-state index contributed by atoms with van der Waals surface area (Å²) in [5.74, 6) is -0.0280. The normalized spacial score (nSPS) is 10.8. The molecule has 0 saturated heterocycles. The van der Waals surface area contributed by atoms with Crippen LogP contribution >= 0.6 is 0 Å². The average Bonchev–Trinajstić information content (AvgIpc) is 2.60. The first-order chi connectivity index (χ1) is 11.6. The van der Waals surface area contributed by atoms with Gasteiger partial charge in [0.15, 0.2) is 5.43 Å². The van der Waals surface area contributed by atoms with E-state index in [1.54, 1.807) is 24.3 Å². The van der Waals surface area contributed by atoms with Gasteiger partial charge in [-0.25, -0.2) is 4.79 Å². The second-order valence-electron chi connectivity index (χ2n) is 5.19. The molecule has 0 atom stereocenters. The van der Waals surface area contributed by atoms with Crippen molar-refractivity contribution in [1.82, 2.24) is 0 Å². The molecule has 2 aromatic carbocycles. The van der Waals surface area contributed by atoms with Gasteiger partial charge in [0.1, 0.15) is 11.5 Å². The molecule has 1 heterocycles. The highest BCUT2D eigenvalue weighted by Gasteiger charge is 2.03. The van der Waals surface area contributed by atoms with E-state index < -0.39 is 5.97 Å². The summed E-state index contributed by atoms with van der Waals surface area (Å²) < 4.78 is 5.75. The van der Waals surface area contributed by atoms with Crippen LogP contribution in [0.15, 0.2) is 75.9 Å². The quantitative estimate of drug-likeness (QED) is 0.783. The highest BCUT2D eigenvalue weighted by molar-refractivity contribution is 5.88. The molecule has 0 spiro atoms. The third-order valence-corrected chi connectivity index (χ3v) is 3.44. The van der Waals surface area contributed by atoms with Gasteiger partial charge in [-0.1, -0.05) is 48.5 Å². The van der Waals surface area contributed by atoms with Crippen LogP contribution in [0.5, 0.6) is 0 Å². The predicted octanol–water partition coefficient (Wildman–Crippen LogP) is 4.18. The number of carboxylic acids is 1. The van der Waals surface area contributed by atoms with Crippen LogP contribution in [0.25, 0.3) is 23.5 Å². The third-order valence-electron chi connectivity index (χ3n) is 3.44. The average molecular weight is 318 g/mol. The maximum atomic E-state index is 11.9. The molecule has 0 aliphatic rings. The number of carboxylic acid groups (broad SMARTS) is 1. The van der Waals surface area contributed by atoms with Crippen LogP contribution in [-0.4, -0.2) is 11.1 Å². The Morgan fingerprint density at radius 3 is 2.29 bits per heavy atom. The molecule has 0 bridgehead atoms. The SMILES string of the molecule is O=C(O)c1ccc(/C=C/c2cc(=O)cc(-c3ccccc3)o2)cc1. The number of hydrogen-bond donors (Lipinski definition) is 1. The van der Waals surface area contributed by atoms with E-state index in [2.05, 4.69) is 0 Å². The van der Waals surface area contributed by atoms with Gasteiger partial charge in [-0.05, 0) is 23.8 Å². The van der Waals surface area contributed by atoms with Crippen molar-refractivity contribution >= 4 is 18.1 Å². The summed E-state index contributed by atoms with van der Waals surface area (Å²) >= 11 is 0. The van der Waals surface area contributed by atoms with Crippen LogP contribution in [0.1, 0.15) is 21.7 Å². The fraction of sp³-hybridized carbons (Fsp3) is 0. The second kappa shape index (κ2) is 6.79. The minimum atomic E-state index is -0.966. The van der Waals surface area contributed by atoms with Gasteiger partial charge in [-0.15, -0.1) is 0 Å². The topological polar surface area (TPSA) is 67.5 Å². The number of hydrogen-bond acceptors (Lipinski definition) is 3. The molecule has 24 heavy (non-hydrogen) atoms. The molecule has 0 amide bonds. The molecule has 1 N–H and O–H groups in total. The molecule has 1 aromatic heterocycles. The van der Waals surface area contributed by atoms with Gasteiger partial charge in [0.25, 0.3) is 0 Å². The summed E-state index contributed by atoms with van der Waals surface area (Å²) in [5.41, 5.74) is 1.73.